The number of carboxylic acid groups (broad SMARTS) is 2. The molecule has 0 spiro atoms. The number of nitrogens with zero attached hydrogens (tertiary/aromatic N) is 1. The van der Waals surface area contributed by atoms with Crippen molar-refractivity contribution in [2.45, 2.75) is 63.6 Å². The van der Waals surface area contributed by atoms with Crippen molar-refractivity contribution in [3.05, 3.63) is 107 Å². The van der Waals surface area contributed by atoms with Gasteiger partial charge in [-0.2, -0.15) is 0 Å². The second kappa shape index (κ2) is 16.6. The predicted molar refractivity (Wildman–Crippen MR) is 168 cm³/mol. The molecule has 8 heteroatoms. The summed E-state index contributed by atoms with van der Waals surface area (Å²) < 4.78 is 0. The van der Waals surface area contributed by atoms with E-state index in [1.165, 1.54) is 0 Å². The van der Waals surface area contributed by atoms with E-state index in [4.69, 9.17) is 9.90 Å². The molecule has 1 unspecified atom stereocenters. The van der Waals surface area contributed by atoms with Crippen LogP contribution in [0.25, 0.3) is 0 Å². The van der Waals surface area contributed by atoms with Crippen molar-refractivity contribution in [2.75, 3.05) is 19.6 Å². The molecule has 4 rings (SSSR count). The summed E-state index contributed by atoms with van der Waals surface area (Å²) in [6.45, 7) is 7.20. The monoisotopic (exact) mass is 603 g/mol. The van der Waals surface area contributed by atoms with Gasteiger partial charge < -0.3 is 28.2 Å². The molecular formula is C34H45CaNO6. The van der Waals surface area contributed by atoms with Crippen molar-refractivity contribution < 1.29 is 32.9 Å². The molecule has 42 heavy (non-hydrogen) atoms. The normalized spacial score (nSPS) is 15.1. The van der Waals surface area contributed by atoms with Gasteiger partial charge in [-0.25, -0.2) is 0 Å². The van der Waals surface area contributed by atoms with E-state index in [0.29, 0.717) is 6.42 Å². The molecule has 224 valence electrons. The topological polar surface area (TPSA) is 118 Å². The summed E-state index contributed by atoms with van der Waals surface area (Å²) in [5.41, 5.74) is 1.47. The Kier molecular flexibility index (Phi) is 14.2. The first kappa shape index (κ1) is 35.9. The third-order valence-electron chi connectivity index (χ3n) is 8.11. The average Bonchev–Trinajstić information content (AvgIpc) is 2.97. The smallest absolute Gasteiger partial charge is 1.00 e. The number of hydrogen-bond donors (Lipinski definition) is 4. The molecule has 0 saturated carbocycles. The van der Waals surface area contributed by atoms with Crippen molar-refractivity contribution in [1.82, 2.24) is 4.90 Å². The Labute approximate surface area is 282 Å². The molecule has 7 nitrogen and oxygen atoms in total. The fourth-order valence-corrected chi connectivity index (χ4v) is 5.52. The molecule has 0 amide bonds. The van der Waals surface area contributed by atoms with E-state index in [1.807, 2.05) is 72.8 Å². The predicted octanol–water partition coefficient (Wildman–Crippen LogP) is 5.45. The first-order valence-corrected chi connectivity index (χ1v) is 14.2. The third kappa shape index (κ3) is 9.37. The van der Waals surface area contributed by atoms with E-state index in [0.717, 1.165) is 68.1 Å². The molecule has 0 radical (unpaired) electrons. The van der Waals surface area contributed by atoms with Crippen LogP contribution in [0.4, 0.5) is 0 Å². The molecular weight excluding hydrogens is 558 g/mol. The summed E-state index contributed by atoms with van der Waals surface area (Å²) >= 11 is 0. The van der Waals surface area contributed by atoms with Gasteiger partial charge in [-0.1, -0.05) is 84.9 Å². The molecule has 0 bridgehead atoms. The molecule has 1 saturated heterocycles. The Balaban J connectivity index is 0.00000249. The quantitative estimate of drug-likeness (QED) is 0.228. The van der Waals surface area contributed by atoms with E-state index < -0.39 is 29.1 Å². The Morgan fingerprint density at radius 1 is 0.857 bits per heavy atom. The molecule has 1 heterocycles. The maximum Gasteiger partial charge on any atom is 2.00 e. The third-order valence-corrected chi connectivity index (χ3v) is 8.11. The molecule has 1 atom stereocenters. The van der Waals surface area contributed by atoms with Crippen molar-refractivity contribution in [1.29, 1.82) is 0 Å². The van der Waals surface area contributed by atoms with Crippen LogP contribution in [0.2, 0.25) is 0 Å². The average molecular weight is 604 g/mol. The molecule has 4 N–H and O–H groups in total. The fraction of sp³-hybridized carbons (Fsp3) is 0.412. The Morgan fingerprint density at radius 3 is 1.74 bits per heavy atom. The molecule has 1 aliphatic rings. The number of carboxylic acids is 2. The van der Waals surface area contributed by atoms with Gasteiger partial charge in [0.1, 0.15) is 5.60 Å². The van der Waals surface area contributed by atoms with Gasteiger partial charge in [0.05, 0.1) is 11.5 Å². The Bertz CT molecular complexity index is 1210. The van der Waals surface area contributed by atoms with Gasteiger partial charge >= 0.3 is 43.7 Å². The van der Waals surface area contributed by atoms with E-state index in [2.05, 4.69) is 4.90 Å². The van der Waals surface area contributed by atoms with E-state index in [1.54, 1.807) is 26.0 Å². The fourth-order valence-electron chi connectivity index (χ4n) is 5.52. The van der Waals surface area contributed by atoms with Crippen LogP contribution in [-0.4, -0.2) is 94.6 Å². The van der Waals surface area contributed by atoms with Crippen LogP contribution in [0.3, 0.4) is 0 Å². The minimum atomic E-state index is -1.01. The minimum Gasteiger partial charge on any atom is -1.00 e. The molecule has 0 aliphatic carbocycles. The van der Waals surface area contributed by atoms with Gasteiger partial charge in [-0.05, 0) is 87.3 Å². The summed E-state index contributed by atoms with van der Waals surface area (Å²) in [5, 5.41) is 39.6. The van der Waals surface area contributed by atoms with Crippen LogP contribution >= 0.6 is 0 Å². The number of piperidine rings is 1. The second-order valence-electron chi connectivity index (χ2n) is 11.3. The number of aliphatic hydroxyl groups is 2. The van der Waals surface area contributed by atoms with Crippen LogP contribution in [0.15, 0.2) is 84.9 Å². The number of hydrogen-bond acceptors (Lipinski definition) is 5. The van der Waals surface area contributed by atoms with Gasteiger partial charge in [0.15, 0.2) is 0 Å². The van der Waals surface area contributed by atoms with Gasteiger partial charge in [-0.3, -0.25) is 9.59 Å². The summed E-state index contributed by atoms with van der Waals surface area (Å²) in [6, 6.07) is 27.3. The summed E-state index contributed by atoms with van der Waals surface area (Å²) in [6.07, 6.45) is 2.77. The molecule has 0 aromatic heterocycles. The van der Waals surface area contributed by atoms with E-state index in [-0.39, 0.29) is 46.5 Å². The SMILES string of the molecule is CC(=O)O.CC(C)(C(=O)O)c1ccc(C(O)CCCN2CCC(C(O)(c3ccccc3)c3ccccc3)CC2)cc1.[Ca+2].[H-].[H-]. The van der Waals surface area contributed by atoms with E-state index in [9.17, 15) is 20.1 Å². The zero-order valence-corrected chi connectivity index (χ0v) is 27.2. The summed E-state index contributed by atoms with van der Waals surface area (Å²) in [5.74, 6) is -1.57. The van der Waals surface area contributed by atoms with Crippen LogP contribution < -0.4 is 0 Å². The number of likely N-dealkylation sites (tertiary alicyclic amines) is 1. The van der Waals surface area contributed by atoms with Crippen LogP contribution in [0.1, 0.15) is 77.7 Å². The van der Waals surface area contributed by atoms with Crippen LogP contribution in [0, 0.1) is 5.92 Å². The maximum atomic E-state index is 12.1. The number of aliphatic hydroxyl groups excluding tert-OH is 1. The number of benzene rings is 3. The molecule has 3 aromatic rings. The van der Waals surface area contributed by atoms with Crippen LogP contribution in [-0.2, 0) is 20.6 Å². The van der Waals surface area contributed by atoms with Gasteiger partial charge in [0, 0.05) is 6.92 Å². The molecule has 1 fully saturated rings. The number of carbonyl (C=O) groups is 2. The molecule has 1 aliphatic heterocycles. The Morgan fingerprint density at radius 2 is 1.31 bits per heavy atom. The van der Waals surface area contributed by atoms with E-state index >= 15 is 0 Å². The standard InChI is InChI=1S/C32H39NO4.C2H4O2.Ca.2H/c1-31(2,30(35)36)25-17-15-24(16-18-25)29(34)14-9-21-33-22-19-28(20-23-33)32(37,26-10-5-3-6-11-26)27-12-7-4-8-13-27;1-2(3)4;;;/h3-8,10-13,15-18,28-29,34,37H,9,14,19-23H2,1-2H3,(H,35,36);1H3,(H,3,4);;;/q;;+2;2*-1. The largest absolute Gasteiger partial charge is 2.00 e. The first-order chi connectivity index (χ1) is 19.5. The van der Waals surface area contributed by atoms with Gasteiger partial charge in [-0.15, -0.1) is 0 Å². The molecule has 3 aromatic carbocycles. The zero-order valence-electron chi connectivity index (χ0n) is 26.9. The summed E-state index contributed by atoms with van der Waals surface area (Å²) in [4.78, 5) is 22.9. The maximum absolute atomic E-state index is 12.1. The van der Waals surface area contributed by atoms with Gasteiger partial charge in [0.25, 0.3) is 5.97 Å². The first-order valence-electron chi connectivity index (χ1n) is 14.2. The number of aliphatic carboxylic acids is 2. The van der Waals surface area contributed by atoms with Crippen molar-refractivity contribution in [3.63, 3.8) is 0 Å². The van der Waals surface area contributed by atoms with Crippen LogP contribution in [0.5, 0.6) is 0 Å². The zero-order chi connectivity index (χ0) is 30.0. The van der Waals surface area contributed by atoms with Gasteiger partial charge in [0.2, 0.25) is 0 Å². The summed E-state index contributed by atoms with van der Waals surface area (Å²) in [7, 11) is 0. The Hall–Kier alpha value is -2.26. The minimum absolute atomic E-state index is 0. The van der Waals surface area contributed by atoms with Crippen molar-refractivity contribution in [2.24, 2.45) is 5.92 Å². The van der Waals surface area contributed by atoms with Crippen molar-refractivity contribution in [3.8, 4) is 0 Å². The second-order valence-corrected chi connectivity index (χ2v) is 11.3. The number of rotatable bonds is 10. The van der Waals surface area contributed by atoms with Crippen molar-refractivity contribution >= 4 is 49.7 Å².